The summed E-state index contributed by atoms with van der Waals surface area (Å²) in [5.41, 5.74) is -0.679. The fourth-order valence-electron chi connectivity index (χ4n) is 1.07. The van der Waals surface area contributed by atoms with Gasteiger partial charge in [0, 0.05) is 17.8 Å². The predicted molar refractivity (Wildman–Crippen MR) is 66.1 cm³/mol. The largest absolute Gasteiger partial charge is 0.430 e. The Morgan fingerprint density at radius 3 is 2.44 bits per heavy atom. The molecule has 0 aliphatic heterocycles. The Morgan fingerprint density at radius 2 is 2.00 bits per heavy atom. The first-order valence-corrected chi connectivity index (χ1v) is 5.06. The van der Waals surface area contributed by atoms with Crippen molar-refractivity contribution in [1.82, 2.24) is 0 Å². The number of hydrogen-bond donors (Lipinski definition) is 1. The number of terminal acetylenes is 1. The quantitative estimate of drug-likeness (QED) is 0.506. The molecule has 0 saturated carbocycles. The average Bonchev–Trinajstić information content (AvgIpc) is 2.29. The molecule has 18 heavy (non-hydrogen) atoms. The van der Waals surface area contributed by atoms with Crippen molar-refractivity contribution in [2.24, 2.45) is 0 Å². The number of hydrogen-bond acceptors (Lipinski definition) is 4. The van der Waals surface area contributed by atoms with Crippen LogP contribution in [0.25, 0.3) is 0 Å². The van der Waals surface area contributed by atoms with Crippen molar-refractivity contribution in [3.05, 3.63) is 34.4 Å². The van der Waals surface area contributed by atoms with Gasteiger partial charge in [-0.1, -0.05) is 5.92 Å². The van der Waals surface area contributed by atoms with Crippen molar-refractivity contribution in [3.63, 3.8) is 0 Å². The maximum Gasteiger partial charge on any atom is 0.413 e. The van der Waals surface area contributed by atoms with E-state index < -0.39 is 16.6 Å². The minimum Gasteiger partial charge on any atom is -0.430 e. The van der Waals surface area contributed by atoms with Crippen LogP contribution in [0.5, 0.6) is 0 Å². The lowest BCUT2D eigenvalue weighted by atomic mass is 10.1. The lowest BCUT2D eigenvalue weighted by Crippen LogP contribution is -2.28. The molecule has 0 unspecified atom stereocenters. The Hall–Kier alpha value is -2.55. The number of carbonyl (C=O) groups excluding carboxylic acids is 1. The number of amides is 1. The molecule has 0 heterocycles. The molecule has 0 fully saturated rings. The Bertz CT molecular complexity index is 500. The van der Waals surface area contributed by atoms with Gasteiger partial charge < -0.3 is 4.74 Å². The summed E-state index contributed by atoms with van der Waals surface area (Å²) in [6.07, 6.45) is 4.46. The van der Waals surface area contributed by atoms with Crippen LogP contribution >= 0.6 is 0 Å². The highest BCUT2D eigenvalue weighted by molar-refractivity contribution is 5.85. The SMILES string of the molecule is C#CC(C)(C)OC(=O)Nc1ccc([N+](=O)[O-])cc1. The molecular formula is C12H12N2O4. The standard InChI is InChI=1S/C12H12N2O4/c1-4-12(2,3)18-11(15)13-9-5-7-10(8-6-9)14(16)17/h1,5-8H,2-3H3,(H,13,15). The van der Waals surface area contributed by atoms with Gasteiger partial charge in [-0.05, 0) is 26.0 Å². The summed E-state index contributed by atoms with van der Waals surface area (Å²) in [4.78, 5) is 21.4. The predicted octanol–water partition coefficient (Wildman–Crippen LogP) is 2.56. The van der Waals surface area contributed by atoms with Gasteiger partial charge in [-0.15, -0.1) is 6.42 Å². The van der Waals surface area contributed by atoms with Crippen molar-refractivity contribution >= 4 is 17.5 Å². The molecule has 0 bridgehead atoms. The zero-order valence-electron chi connectivity index (χ0n) is 9.97. The number of carbonyl (C=O) groups is 1. The first-order valence-electron chi connectivity index (χ1n) is 5.06. The van der Waals surface area contributed by atoms with E-state index in [1.54, 1.807) is 13.8 Å². The minimum atomic E-state index is -1.01. The smallest absolute Gasteiger partial charge is 0.413 e. The van der Waals surface area contributed by atoms with Crippen molar-refractivity contribution in [1.29, 1.82) is 0 Å². The van der Waals surface area contributed by atoms with Gasteiger partial charge in [0.25, 0.3) is 5.69 Å². The van der Waals surface area contributed by atoms with Crippen LogP contribution in [0.2, 0.25) is 0 Å². The molecule has 0 saturated heterocycles. The van der Waals surface area contributed by atoms with E-state index >= 15 is 0 Å². The molecular weight excluding hydrogens is 236 g/mol. The number of nitro benzene ring substituents is 1. The second-order valence-corrected chi connectivity index (χ2v) is 3.97. The molecule has 6 nitrogen and oxygen atoms in total. The number of ether oxygens (including phenoxy) is 1. The molecule has 0 aliphatic carbocycles. The third kappa shape index (κ3) is 3.79. The molecule has 0 radical (unpaired) electrons. The van der Waals surface area contributed by atoms with Gasteiger partial charge in [0.15, 0.2) is 5.60 Å². The van der Waals surface area contributed by atoms with Crippen LogP contribution in [0, 0.1) is 22.5 Å². The highest BCUT2D eigenvalue weighted by atomic mass is 16.6. The molecule has 94 valence electrons. The summed E-state index contributed by atoms with van der Waals surface area (Å²) in [5, 5.41) is 12.9. The second kappa shape index (κ2) is 5.19. The fraction of sp³-hybridized carbons (Fsp3) is 0.250. The number of benzene rings is 1. The molecule has 0 aliphatic rings. The average molecular weight is 248 g/mol. The molecule has 1 aromatic carbocycles. The Morgan fingerprint density at radius 1 is 1.44 bits per heavy atom. The molecule has 0 spiro atoms. The molecule has 1 N–H and O–H groups in total. The van der Waals surface area contributed by atoms with Crippen molar-refractivity contribution in [2.75, 3.05) is 5.32 Å². The summed E-state index contributed by atoms with van der Waals surface area (Å²) in [7, 11) is 0. The first kappa shape index (κ1) is 13.5. The number of nitrogens with zero attached hydrogens (tertiary/aromatic N) is 1. The van der Waals surface area contributed by atoms with E-state index in [1.807, 2.05) is 0 Å². The Labute approximate surface area is 104 Å². The van der Waals surface area contributed by atoms with Crippen LogP contribution in [-0.2, 0) is 4.74 Å². The zero-order valence-corrected chi connectivity index (χ0v) is 9.97. The molecule has 1 amide bonds. The van der Waals surface area contributed by atoms with E-state index in [-0.39, 0.29) is 5.69 Å². The minimum absolute atomic E-state index is 0.0575. The molecule has 1 rings (SSSR count). The summed E-state index contributed by atoms with van der Waals surface area (Å²) in [6, 6.07) is 5.37. The molecule has 0 aromatic heterocycles. The van der Waals surface area contributed by atoms with Crippen LogP contribution in [0.4, 0.5) is 16.2 Å². The lowest BCUT2D eigenvalue weighted by molar-refractivity contribution is -0.384. The number of anilines is 1. The zero-order chi connectivity index (χ0) is 13.8. The van der Waals surface area contributed by atoms with E-state index in [4.69, 9.17) is 11.2 Å². The Kier molecular flexibility index (Phi) is 3.89. The van der Waals surface area contributed by atoms with E-state index in [1.165, 1.54) is 24.3 Å². The fourth-order valence-corrected chi connectivity index (χ4v) is 1.07. The summed E-state index contributed by atoms with van der Waals surface area (Å²) in [6.45, 7) is 3.14. The van der Waals surface area contributed by atoms with Gasteiger partial charge in [-0.25, -0.2) is 4.79 Å². The number of nitro groups is 1. The maximum atomic E-state index is 11.4. The van der Waals surface area contributed by atoms with Crippen LogP contribution in [0.15, 0.2) is 24.3 Å². The van der Waals surface area contributed by atoms with Crippen molar-refractivity contribution in [2.45, 2.75) is 19.4 Å². The van der Waals surface area contributed by atoms with Gasteiger partial charge in [0.2, 0.25) is 0 Å². The third-order valence-corrected chi connectivity index (χ3v) is 2.02. The second-order valence-electron chi connectivity index (χ2n) is 3.97. The van der Waals surface area contributed by atoms with E-state index in [0.717, 1.165) is 0 Å². The van der Waals surface area contributed by atoms with Gasteiger partial charge in [0.1, 0.15) is 0 Å². The van der Waals surface area contributed by atoms with E-state index in [0.29, 0.717) is 5.69 Å². The molecule has 6 heteroatoms. The van der Waals surface area contributed by atoms with Crippen LogP contribution < -0.4 is 5.32 Å². The van der Waals surface area contributed by atoms with E-state index in [9.17, 15) is 14.9 Å². The van der Waals surface area contributed by atoms with Gasteiger partial charge in [-0.2, -0.15) is 0 Å². The van der Waals surface area contributed by atoms with Gasteiger partial charge in [0.05, 0.1) is 4.92 Å². The van der Waals surface area contributed by atoms with Gasteiger partial charge in [-0.3, -0.25) is 15.4 Å². The first-order chi connectivity index (χ1) is 8.34. The summed E-state index contributed by atoms with van der Waals surface area (Å²) in [5.74, 6) is 2.31. The molecule has 1 aromatic rings. The Balaban J connectivity index is 2.66. The van der Waals surface area contributed by atoms with Gasteiger partial charge >= 0.3 is 6.09 Å². The van der Waals surface area contributed by atoms with Crippen LogP contribution in [0.1, 0.15) is 13.8 Å². The lowest BCUT2D eigenvalue weighted by Gasteiger charge is -2.18. The van der Waals surface area contributed by atoms with Crippen LogP contribution in [-0.4, -0.2) is 16.6 Å². The van der Waals surface area contributed by atoms with Crippen molar-refractivity contribution < 1.29 is 14.5 Å². The van der Waals surface area contributed by atoms with Crippen LogP contribution in [0.3, 0.4) is 0 Å². The monoisotopic (exact) mass is 248 g/mol. The molecule has 0 atom stereocenters. The van der Waals surface area contributed by atoms with Crippen molar-refractivity contribution in [3.8, 4) is 12.3 Å². The number of rotatable bonds is 3. The highest BCUT2D eigenvalue weighted by Crippen LogP contribution is 2.16. The normalized spacial score (nSPS) is 10.3. The van der Waals surface area contributed by atoms with E-state index in [2.05, 4.69) is 11.2 Å². The number of non-ortho nitro benzene ring substituents is 1. The topological polar surface area (TPSA) is 81.5 Å². The summed E-state index contributed by atoms with van der Waals surface area (Å²) >= 11 is 0. The highest BCUT2D eigenvalue weighted by Gasteiger charge is 2.19. The maximum absolute atomic E-state index is 11.4. The summed E-state index contributed by atoms with van der Waals surface area (Å²) < 4.78 is 4.95. The third-order valence-electron chi connectivity index (χ3n) is 2.02. The number of nitrogens with one attached hydrogen (secondary N) is 1.